The molecule has 0 bridgehead atoms. The molecule has 0 aromatic heterocycles. The molecule has 0 aliphatic heterocycles. The number of benzene rings is 1. The average Bonchev–Trinajstić information content (AvgIpc) is 3.15. The third-order valence-corrected chi connectivity index (χ3v) is 4.36. The van der Waals surface area contributed by atoms with Crippen molar-refractivity contribution in [2.45, 2.75) is 43.6 Å². The Morgan fingerprint density at radius 3 is 1.87 bits per heavy atom. The monoisotopic (exact) mass is 201 g/mol. The molecule has 0 spiro atoms. The molecule has 2 aliphatic carbocycles. The van der Waals surface area contributed by atoms with Gasteiger partial charge in [0.1, 0.15) is 0 Å². The number of rotatable bonds is 3. The van der Waals surface area contributed by atoms with Gasteiger partial charge < -0.3 is 5.32 Å². The van der Waals surface area contributed by atoms with Crippen LogP contribution in [0.2, 0.25) is 0 Å². The molecular formula is C14H19N. The second-order valence-corrected chi connectivity index (χ2v) is 5.47. The number of nitrogens with one attached hydrogen (secondary N) is 1. The van der Waals surface area contributed by atoms with Gasteiger partial charge >= 0.3 is 0 Å². The quantitative estimate of drug-likeness (QED) is 0.793. The summed E-state index contributed by atoms with van der Waals surface area (Å²) < 4.78 is 0. The molecule has 0 amide bonds. The van der Waals surface area contributed by atoms with Gasteiger partial charge in [0.2, 0.25) is 0 Å². The van der Waals surface area contributed by atoms with E-state index in [0.717, 1.165) is 0 Å². The van der Waals surface area contributed by atoms with E-state index in [1.807, 2.05) is 0 Å². The molecule has 2 aliphatic rings. The maximum atomic E-state index is 3.44. The fraction of sp³-hybridized carbons (Fsp3) is 0.571. The summed E-state index contributed by atoms with van der Waals surface area (Å²) in [5.74, 6) is 0. The molecule has 1 aromatic rings. The zero-order chi connectivity index (χ0) is 10.5. The largest absolute Gasteiger partial charge is 0.310 e. The fourth-order valence-corrected chi connectivity index (χ4v) is 2.48. The lowest BCUT2D eigenvalue weighted by atomic mass is 9.95. The summed E-state index contributed by atoms with van der Waals surface area (Å²) in [5, 5.41) is 3.44. The molecule has 0 saturated heterocycles. The summed E-state index contributed by atoms with van der Waals surface area (Å²) in [6.45, 7) is 2.37. The van der Waals surface area contributed by atoms with Gasteiger partial charge in [0.15, 0.2) is 0 Å². The van der Waals surface area contributed by atoms with Gasteiger partial charge in [-0.3, -0.25) is 0 Å². The Morgan fingerprint density at radius 2 is 1.47 bits per heavy atom. The van der Waals surface area contributed by atoms with E-state index < -0.39 is 0 Å². The van der Waals surface area contributed by atoms with E-state index >= 15 is 0 Å². The van der Waals surface area contributed by atoms with Gasteiger partial charge in [-0.15, -0.1) is 0 Å². The minimum atomic E-state index is 0.322. The first-order chi connectivity index (χ1) is 7.19. The van der Waals surface area contributed by atoms with Crippen LogP contribution >= 0.6 is 0 Å². The standard InChI is InChI=1S/C14H19N/c1-13(7-8-13)11-3-5-12(6-4-11)14(15-2)9-10-14/h3-6,15H,7-10H2,1-2H3. The minimum absolute atomic E-state index is 0.322. The SMILES string of the molecule is CNC1(c2ccc(C3(C)CC3)cc2)CC1. The van der Waals surface area contributed by atoms with Crippen molar-refractivity contribution >= 4 is 0 Å². The molecule has 1 nitrogen and oxygen atoms in total. The predicted octanol–water partition coefficient (Wildman–Crippen LogP) is 2.95. The van der Waals surface area contributed by atoms with Gasteiger partial charge in [-0.25, -0.2) is 0 Å². The molecule has 1 N–H and O–H groups in total. The van der Waals surface area contributed by atoms with Crippen molar-refractivity contribution in [3.63, 3.8) is 0 Å². The Kier molecular flexibility index (Phi) is 1.79. The van der Waals surface area contributed by atoms with E-state index in [0.29, 0.717) is 11.0 Å². The molecular weight excluding hydrogens is 182 g/mol. The lowest BCUT2D eigenvalue weighted by Gasteiger charge is -2.16. The van der Waals surface area contributed by atoms with E-state index in [-0.39, 0.29) is 0 Å². The minimum Gasteiger partial charge on any atom is -0.310 e. The maximum absolute atomic E-state index is 3.44. The molecule has 15 heavy (non-hydrogen) atoms. The molecule has 1 heteroatoms. The molecule has 80 valence electrons. The van der Waals surface area contributed by atoms with Crippen LogP contribution in [0.15, 0.2) is 24.3 Å². The molecule has 0 unspecified atom stereocenters. The summed E-state index contributed by atoms with van der Waals surface area (Å²) in [5.41, 5.74) is 3.83. The Hall–Kier alpha value is -0.820. The summed E-state index contributed by atoms with van der Waals surface area (Å²) in [6.07, 6.45) is 5.31. The first-order valence-electron chi connectivity index (χ1n) is 5.99. The Balaban J connectivity index is 1.88. The van der Waals surface area contributed by atoms with Crippen LogP contribution in [0.1, 0.15) is 43.7 Å². The van der Waals surface area contributed by atoms with Crippen molar-refractivity contribution < 1.29 is 0 Å². The lowest BCUT2D eigenvalue weighted by Crippen LogP contribution is -2.24. The molecule has 2 fully saturated rings. The number of hydrogen-bond acceptors (Lipinski definition) is 1. The van der Waals surface area contributed by atoms with E-state index in [1.165, 1.54) is 36.8 Å². The second kappa shape index (κ2) is 2.85. The van der Waals surface area contributed by atoms with Crippen molar-refractivity contribution in [2.24, 2.45) is 0 Å². The Morgan fingerprint density at radius 1 is 0.933 bits per heavy atom. The van der Waals surface area contributed by atoms with Crippen LogP contribution in [0.3, 0.4) is 0 Å². The van der Waals surface area contributed by atoms with Crippen molar-refractivity contribution in [1.29, 1.82) is 0 Å². The topological polar surface area (TPSA) is 12.0 Å². The van der Waals surface area contributed by atoms with E-state index in [4.69, 9.17) is 0 Å². The van der Waals surface area contributed by atoms with Crippen LogP contribution < -0.4 is 5.32 Å². The summed E-state index contributed by atoms with van der Waals surface area (Å²) in [7, 11) is 2.07. The highest BCUT2D eigenvalue weighted by Crippen LogP contribution is 2.49. The van der Waals surface area contributed by atoms with Gasteiger partial charge in [-0.2, -0.15) is 0 Å². The highest BCUT2D eigenvalue weighted by molar-refractivity contribution is 5.37. The van der Waals surface area contributed by atoms with Gasteiger partial charge in [0.25, 0.3) is 0 Å². The zero-order valence-electron chi connectivity index (χ0n) is 9.64. The van der Waals surface area contributed by atoms with Crippen LogP contribution in [-0.4, -0.2) is 7.05 Å². The fourth-order valence-electron chi connectivity index (χ4n) is 2.48. The smallest absolute Gasteiger partial charge is 0.0433 e. The van der Waals surface area contributed by atoms with Crippen LogP contribution in [0.4, 0.5) is 0 Å². The first kappa shape index (κ1) is 9.41. The first-order valence-corrected chi connectivity index (χ1v) is 5.99. The van der Waals surface area contributed by atoms with Crippen LogP contribution in [0, 0.1) is 0 Å². The predicted molar refractivity (Wildman–Crippen MR) is 63.0 cm³/mol. The van der Waals surface area contributed by atoms with Crippen LogP contribution in [0.5, 0.6) is 0 Å². The maximum Gasteiger partial charge on any atom is 0.0433 e. The molecule has 0 radical (unpaired) electrons. The third-order valence-electron chi connectivity index (χ3n) is 4.36. The number of hydrogen-bond donors (Lipinski definition) is 1. The highest BCUT2D eigenvalue weighted by Gasteiger charge is 2.43. The van der Waals surface area contributed by atoms with Gasteiger partial charge in [0.05, 0.1) is 0 Å². The molecule has 2 saturated carbocycles. The van der Waals surface area contributed by atoms with E-state index in [1.54, 1.807) is 0 Å². The molecule has 0 heterocycles. The Bertz CT molecular complexity index is 369. The highest BCUT2D eigenvalue weighted by atomic mass is 15.0. The van der Waals surface area contributed by atoms with E-state index in [2.05, 4.69) is 43.6 Å². The normalized spacial score (nSPS) is 24.9. The van der Waals surface area contributed by atoms with Crippen molar-refractivity contribution in [3.8, 4) is 0 Å². The summed E-state index contributed by atoms with van der Waals surface area (Å²) in [6, 6.07) is 9.31. The third kappa shape index (κ3) is 1.41. The van der Waals surface area contributed by atoms with Crippen LogP contribution in [0.25, 0.3) is 0 Å². The second-order valence-electron chi connectivity index (χ2n) is 5.47. The average molecular weight is 201 g/mol. The van der Waals surface area contributed by atoms with Gasteiger partial charge in [-0.05, 0) is 49.3 Å². The van der Waals surface area contributed by atoms with E-state index in [9.17, 15) is 0 Å². The van der Waals surface area contributed by atoms with Gasteiger partial charge in [-0.1, -0.05) is 31.2 Å². The summed E-state index contributed by atoms with van der Waals surface area (Å²) >= 11 is 0. The molecule has 3 rings (SSSR count). The molecule has 0 atom stereocenters. The van der Waals surface area contributed by atoms with Gasteiger partial charge in [0, 0.05) is 5.54 Å². The van der Waals surface area contributed by atoms with Crippen molar-refractivity contribution in [3.05, 3.63) is 35.4 Å². The van der Waals surface area contributed by atoms with Crippen LogP contribution in [-0.2, 0) is 11.0 Å². The van der Waals surface area contributed by atoms with Crippen molar-refractivity contribution in [2.75, 3.05) is 7.05 Å². The molecule has 1 aromatic carbocycles. The summed E-state index contributed by atoms with van der Waals surface area (Å²) in [4.78, 5) is 0. The van der Waals surface area contributed by atoms with Crippen molar-refractivity contribution in [1.82, 2.24) is 5.32 Å². The lowest BCUT2D eigenvalue weighted by molar-refractivity contribution is 0.585. The Labute approximate surface area is 91.9 Å². The zero-order valence-corrected chi connectivity index (χ0v) is 9.64.